The van der Waals surface area contributed by atoms with Gasteiger partial charge in [0.1, 0.15) is 5.84 Å². The fraction of sp³-hybridized carbons (Fsp3) is 0.500. The van der Waals surface area contributed by atoms with Crippen molar-refractivity contribution in [1.29, 1.82) is 0 Å². The molecule has 0 radical (unpaired) electrons. The molecule has 1 aromatic carbocycles. The normalized spacial score (nSPS) is 15.0. The van der Waals surface area contributed by atoms with Gasteiger partial charge in [0.15, 0.2) is 0 Å². The number of ether oxygens (including phenoxy) is 2. The largest absolute Gasteiger partial charge is 0.409 e. The van der Waals surface area contributed by atoms with Crippen LogP contribution in [0.3, 0.4) is 0 Å². The third kappa shape index (κ3) is 5.16. The summed E-state index contributed by atoms with van der Waals surface area (Å²) in [6.07, 6.45) is -0.0243. The number of nitrogens with two attached hydrogens (primary N) is 1. The van der Waals surface area contributed by atoms with E-state index in [2.05, 4.69) is 10.5 Å². The van der Waals surface area contributed by atoms with Crippen LogP contribution in [0, 0.1) is 0 Å². The second kappa shape index (κ2) is 9.30. The Balaban J connectivity index is 2.59. The average Bonchev–Trinajstić information content (AvgIpc) is 2.50. The second-order valence-electron chi connectivity index (χ2n) is 4.46. The molecule has 0 bridgehead atoms. The van der Waals surface area contributed by atoms with E-state index in [4.69, 9.17) is 20.4 Å². The van der Waals surface area contributed by atoms with E-state index >= 15 is 0 Å². The Morgan fingerprint density at radius 3 is 2.55 bits per heavy atom. The first-order chi connectivity index (χ1) is 9.72. The molecule has 0 aliphatic rings. The van der Waals surface area contributed by atoms with Crippen molar-refractivity contribution in [1.82, 2.24) is 5.32 Å². The van der Waals surface area contributed by atoms with E-state index in [0.29, 0.717) is 19.7 Å². The summed E-state index contributed by atoms with van der Waals surface area (Å²) >= 11 is 0. The summed E-state index contributed by atoms with van der Waals surface area (Å²) in [5, 5.41) is 15.3. The van der Waals surface area contributed by atoms with Crippen molar-refractivity contribution in [2.75, 3.05) is 33.9 Å². The van der Waals surface area contributed by atoms with Crippen molar-refractivity contribution in [3.8, 4) is 0 Å². The summed E-state index contributed by atoms with van der Waals surface area (Å²) in [7, 11) is 3.28. The fourth-order valence-electron chi connectivity index (χ4n) is 1.93. The highest BCUT2D eigenvalue weighted by molar-refractivity contribution is 5.87. The second-order valence-corrected chi connectivity index (χ2v) is 4.46. The SMILES string of the molecule is COCC(CNCC(/C(N)=N/O)c1ccccc1)OC. The summed E-state index contributed by atoms with van der Waals surface area (Å²) in [5.74, 6) is 0.00524. The number of hydrogen-bond acceptors (Lipinski definition) is 5. The highest BCUT2D eigenvalue weighted by Crippen LogP contribution is 2.14. The molecule has 4 N–H and O–H groups in total. The van der Waals surface area contributed by atoms with Crippen LogP contribution < -0.4 is 11.1 Å². The zero-order chi connectivity index (χ0) is 14.8. The molecule has 0 aromatic heterocycles. The van der Waals surface area contributed by atoms with Crippen molar-refractivity contribution < 1.29 is 14.7 Å². The molecule has 6 heteroatoms. The molecule has 0 saturated heterocycles. The van der Waals surface area contributed by atoms with Gasteiger partial charge in [0.2, 0.25) is 0 Å². The summed E-state index contributed by atoms with van der Waals surface area (Å²) in [6.45, 7) is 1.71. The zero-order valence-corrected chi connectivity index (χ0v) is 12.0. The van der Waals surface area contributed by atoms with E-state index in [1.165, 1.54) is 0 Å². The summed E-state index contributed by atoms with van der Waals surface area (Å²) in [5.41, 5.74) is 6.76. The molecule has 20 heavy (non-hydrogen) atoms. The van der Waals surface area contributed by atoms with Crippen LogP contribution in [0.25, 0.3) is 0 Å². The number of methoxy groups -OCH3 is 2. The van der Waals surface area contributed by atoms with Crippen molar-refractivity contribution in [2.24, 2.45) is 10.9 Å². The highest BCUT2D eigenvalue weighted by Gasteiger charge is 2.17. The quantitative estimate of drug-likeness (QED) is 0.269. The van der Waals surface area contributed by atoms with Crippen LogP contribution in [-0.4, -0.2) is 51.1 Å². The van der Waals surface area contributed by atoms with Gasteiger partial charge in [-0.05, 0) is 5.56 Å². The maximum Gasteiger partial charge on any atom is 0.147 e. The van der Waals surface area contributed by atoms with Crippen LogP contribution in [0.4, 0.5) is 0 Å². The summed E-state index contributed by atoms with van der Waals surface area (Å²) in [4.78, 5) is 0. The lowest BCUT2D eigenvalue weighted by atomic mass is 9.98. The van der Waals surface area contributed by atoms with Crippen LogP contribution in [0.5, 0.6) is 0 Å². The van der Waals surface area contributed by atoms with Gasteiger partial charge < -0.3 is 25.7 Å². The van der Waals surface area contributed by atoms with E-state index in [-0.39, 0.29) is 17.9 Å². The minimum Gasteiger partial charge on any atom is -0.409 e. The van der Waals surface area contributed by atoms with Crippen molar-refractivity contribution >= 4 is 5.84 Å². The lowest BCUT2D eigenvalue weighted by molar-refractivity contribution is 0.0290. The highest BCUT2D eigenvalue weighted by atomic mass is 16.5. The van der Waals surface area contributed by atoms with Crippen molar-refractivity contribution in [2.45, 2.75) is 12.0 Å². The summed E-state index contributed by atoms with van der Waals surface area (Å²) in [6, 6.07) is 9.69. The average molecular weight is 281 g/mol. The molecule has 2 atom stereocenters. The summed E-state index contributed by atoms with van der Waals surface area (Å²) < 4.78 is 10.3. The first-order valence-electron chi connectivity index (χ1n) is 6.47. The maximum absolute atomic E-state index is 8.90. The van der Waals surface area contributed by atoms with Gasteiger partial charge in [-0.2, -0.15) is 0 Å². The zero-order valence-electron chi connectivity index (χ0n) is 12.0. The number of hydrogen-bond donors (Lipinski definition) is 3. The minimum atomic E-state index is -0.179. The molecule has 6 nitrogen and oxygen atoms in total. The number of nitrogens with zero attached hydrogens (tertiary/aromatic N) is 1. The minimum absolute atomic E-state index is 0.0243. The van der Waals surface area contributed by atoms with E-state index in [9.17, 15) is 0 Å². The predicted molar refractivity (Wildman–Crippen MR) is 78.1 cm³/mol. The molecule has 0 spiro atoms. The van der Waals surface area contributed by atoms with Gasteiger partial charge >= 0.3 is 0 Å². The molecule has 0 fully saturated rings. The van der Waals surface area contributed by atoms with Crippen LogP contribution in [0.1, 0.15) is 11.5 Å². The van der Waals surface area contributed by atoms with Crippen molar-refractivity contribution in [3.05, 3.63) is 35.9 Å². The Bertz CT molecular complexity index is 398. The Kier molecular flexibility index (Phi) is 7.64. The van der Waals surface area contributed by atoms with Crippen LogP contribution in [-0.2, 0) is 9.47 Å². The smallest absolute Gasteiger partial charge is 0.147 e. The third-order valence-corrected chi connectivity index (χ3v) is 3.08. The Labute approximate surface area is 119 Å². The lowest BCUT2D eigenvalue weighted by Crippen LogP contribution is -2.37. The fourth-order valence-corrected chi connectivity index (χ4v) is 1.93. The van der Waals surface area contributed by atoms with Gasteiger partial charge in [0, 0.05) is 27.3 Å². The third-order valence-electron chi connectivity index (χ3n) is 3.08. The van der Waals surface area contributed by atoms with Gasteiger partial charge in [-0.25, -0.2) is 0 Å². The first kappa shape index (κ1) is 16.4. The van der Waals surface area contributed by atoms with E-state index in [0.717, 1.165) is 5.56 Å². The molecular formula is C14H23N3O3. The van der Waals surface area contributed by atoms with Crippen LogP contribution >= 0.6 is 0 Å². The number of nitrogens with one attached hydrogen (secondary N) is 1. The molecule has 2 unspecified atom stereocenters. The first-order valence-corrected chi connectivity index (χ1v) is 6.47. The molecule has 0 amide bonds. The van der Waals surface area contributed by atoms with E-state index < -0.39 is 0 Å². The van der Waals surface area contributed by atoms with Gasteiger partial charge in [0.05, 0.1) is 18.6 Å². The van der Waals surface area contributed by atoms with E-state index in [1.54, 1.807) is 14.2 Å². The lowest BCUT2D eigenvalue weighted by Gasteiger charge is -2.19. The van der Waals surface area contributed by atoms with Gasteiger partial charge in [-0.1, -0.05) is 35.5 Å². The molecule has 0 aliphatic heterocycles. The van der Waals surface area contributed by atoms with E-state index in [1.807, 2.05) is 30.3 Å². The van der Waals surface area contributed by atoms with Gasteiger partial charge in [-0.15, -0.1) is 0 Å². The Hall–Kier alpha value is -1.63. The van der Waals surface area contributed by atoms with Gasteiger partial charge in [-0.3, -0.25) is 0 Å². The molecule has 112 valence electrons. The molecule has 0 saturated carbocycles. The monoisotopic (exact) mass is 281 g/mol. The number of benzene rings is 1. The Morgan fingerprint density at radius 2 is 2.00 bits per heavy atom. The molecule has 1 aromatic rings. The van der Waals surface area contributed by atoms with Gasteiger partial charge in [0.25, 0.3) is 0 Å². The van der Waals surface area contributed by atoms with Crippen LogP contribution in [0.15, 0.2) is 35.5 Å². The number of rotatable bonds is 9. The molecule has 0 aliphatic carbocycles. The maximum atomic E-state index is 8.90. The topological polar surface area (TPSA) is 89.1 Å². The molecular weight excluding hydrogens is 258 g/mol. The van der Waals surface area contributed by atoms with Crippen molar-refractivity contribution in [3.63, 3.8) is 0 Å². The predicted octanol–water partition coefficient (Wildman–Crippen LogP) is 0.768. The number of oxime groups is 1. The standard InChI is InChI=1S/C14H23N3O3/c1-19-10-12(20-2)8-16-9-13(14(15)17-18)11-6-4-3-5-7-11/h3-7,12-13,16,18H,8-10H2,1-2H3,(H2,15,17). The molecule has 1 rings (SSSR count). The Morgan fingerprint density at radius 1 is 1.30 bits per heavy atom. The number of amidine groups is 1. The van der Waals surface area contributed by atoms with Crippen LogP contribution in [0.2, 0.25) is 0 Å². The molecule has 0 heterocycles.